The molecular weight excluding hydrogens is 469 g/mol. The molecule has 2 aromatic rings. The number of nitrogens with zero attached hydrogens (tertiary/aromatic N) is 7. The molecule has 3 heterocycles. The molecule has 10 heteroatoms. The van der Waals surface area contributed by atoms with Gasteiger partial charge in [0.2, 0.25) is 0 Å². The van der Waals surface area contributed by atoms with Crippen LogP contribution < -0.4 is 10.6 Å². The molecule has 0 saturated heterocycles. The zero-order valence-corrected chi connectivity index (χ0v) is 19.3. The zero-order chi connectivity index (χ0) is 19.4. The van der Waals surface area contributed by atoms with Gasteiger partial charge in [0, 0.05) is 32.0 Å². The first-order valence-corrected chi connectivity index (χ1v) is 9.42. The Morgan fingerprint density at radius 2 is 2.18 bits per heavy atom. The third-order valence-corrected chi connectivity index (χ3v) is 4.71. The summed E-state index contributed by atoms with van der Waals surface area (Å²) in [5.74, 6) is 4.78. The van der Waals surface area contributed by atoms with Crippen molar-refractivity contribution >= 4 is 29.9 Å². The molecule has 1 atom stereocenters. The SMILES string of the molecule is C=CCNC(=NCc1nnc(C)n1C)NC1CCc2nc(C(C)C)nn2C1.I. The van der Waals surface area contributed by atoms with Crippen molar-refractivity contribution in [3.05, 3.63) is 36.0 Å². The first-order valence-electron chi connectivity index (χ1n) is 9.42. The average molecular weight is 499 g/mol. The molecule has 9 nitrogen and oxygen atoms in total. The highest BCUT2D eigenvalue weighted by molar-refractivity contribution is 14.0. The number of guanidine groups is 1. The molecule has 0 amide bonds. The van der Waals surface area contributed by atoms with Crippen LogP contribution in [-0.2, 0) is 26.6 Å². The fourth-order valence-corrected chi connectivity index (χ4v) is 2.94. The fraction of sp³-hybridized carbons (Fsp3) is 0.611. The van der Waals surface area contributed by atoms with E-state index in [4.69, 9.17) is 0 Å². The summed E-state index contributed by atoms with van der Waals surface area (Å²) in [6.45, 7) is 11.8. The first-order chi connectivity index (χ1) is 13.0. The molecule has 0 aromatic carbocycles. The molecule has 3 rings (SSSR count). The molecule has 1 aliphatic heterocycles. The second kappa shape index (κ2) is 9.99. The molecule has 0 spiro atoms. The second-order valence-electron chi connectivity index (χ2n) is 7.16. The van der Waals surface area contributed by atoms with E-state index < -0.39 is 0 Å². The van der Waals surface area contributed by atoms with Crippen LogP contribution in [0.3, 0.4) is 0 Å². The summed E-state index contributed by atoms with van der Waals surface area (Å²) in [6, 6.07) is 0.247. The normalized spacial score (nSPS) is 16.5. The Bertz CT molecular complexity index is 821. The minimum absolute atomic E-state index is 0. The summed E-state index contributed by atoms with van der Waals surface area (Å²) in [5.41, 5.74) is 0. The van der Waals surface area contributed by atoms with E-state index in [0.29, 0.717) is 19.0 Å². The number of aromatic nitrogens is 6. The van der Waals surface area contributed by atoms with E-state index in [2.05, 4.69) is 56.3 Å². The van der Waals surface area contributed by atoms with Crippen LogP contribution in [0.4, 0.5) is 0 Å². The van der Waals surface area contributed by atoms with E-state index in [0.717, 1.165) is 48.6 Å². The highest BCUT2D eigenvalue weighted by Crippen LogP contribution is 2.17. The standard InChI is InChI=1S/C18H29N9.HI/c1-6-9-19-18(20-10-16-24-23-13(4)26(16)5)21-14-7-8-15-22-17(12(2)3)25-27(15)11-14;/h6,12,14H,1,7-11H2,2-5H3,(H2,19,20,21);1H. The number of fused-ring (bicyclic) bond motifs is 1. The maximum atomic E-state index is 4.67. The van der Waals surface area contributed by atoms with Gasteiger partial charge in [-0.1, -0.05) is 19.9 Å². The van der Waals surface area contributed by atoms with E-state index in [1.165, 1.54) is 0 Å². The van der Waals surface area contributed by atoms with Gasteiger partial charge in [-0.25, -0.2) is 14.7 Å². The van der Waals surface area contributed by atoms with E-state index in [9.17, 15) is 0 Å². The molecule has 1 unspecified atom stereocenters. The van der Waals surface area contributed by atoms with E-state index >= 15 is 0 Å². The Balaban J connectivity index is 0.00000280. The largest absolute Gasteiger partial charge is 0.353 e. The molecule has 2 aromatic heterocycles. The number of nitrogens with one attached hydrogen (secondary N) is 2. The van der Waals surface area contributed by atoms with Crippen LogP contribution in [0, 0.1) is 6.92 Å². The Morgan fingerprint density at radius 1 is 1.39 bits per heavy atom. The van der Waals surface area contributed by atoms with Gasteiger partial charge in [0.15, 0.2) is 17.6 Å². The van der Waals surface area contributed by atoms with Gasteiger partial charge in [-0.2, -0.15) is 5.10 Å². The Kier molecular flexibility index (Phi) is 7.96. The van der Waals surface area contributed by atoms with Gasteiger partial charge < -0.3 is 15.2 Å². The van der Waals surface area contributed by atoms with Crippen LogP contribution in [-0.4, -0.2) is 48.1 Å². The third kappa shape index (κ3) is 5.30. The van der Waals surface area contributed by atoms with Crippen LogP contribution in [0.15, 0.2) is 17.6 Å². The molecule has 0 aliphatic carbocycles. The lowest BCUT2D eigenvalue weighted by Crippen LogP contribution is -2.47. The zero-order valence-electron chi connectivity index (χ0n) is 17.0. The third-order valence-electron chi connectivity index (χ3n) is 4.71. The summed E-state index contributed by atoms with van der Waals surface area (Å²) in [7, 11) is 1.95. The number of halogens is 1. The summed E-state index contributed by atoms with van der Waals surface area (Å²) in [6.07, 6.45) is 3.72. The van der Waals surface area contributed by atoms with Crippen molar-refractivity contribution in [3.63, 3.8) is 0 Å². The van der Waals surface area contributed by atoms with Crippen LogP contribution in [0.5, 0.6) is 0 Å². The van der Waals surface area contributed by atoms with E-state index in [1.807, 2.05) is 29.3 Å². The predicted molar refractivity (Wildman–Crippen MR) is 120 cm³/mol. The lowest BCUT2D eigenvalue weighted by atomic mass is 10.1. The second-order valence-corrected chi connectivity index (χ2v) is 7.16. The fourth-order valence-electron chi connectivity index (χ4n) is 2.94. The number of rotatable bonds is 6. The van der Waals surface area contributed by atoms with Crippen molar-refractivity contribution in [1.82, 2.24) is 40.2 Å². The quantitative estimate of drug-likeness (QED) is 0.272. The van der Waals surface area contributed by atoms with Gasteiger partial charge in [-0.15, -0.1) is 40.8 Å². The molecule has 0 fully saturated rings. The summed E-state index contributed by atoms with van der Waals surface area (Å²) < 4.78 is 3.97. The Morgan fingerprint density at radius 3 is 2.82 bits per heavy atom. The molecule has 154 valence electrons. The predicted octanol–water partition coefficient (Wildman–Crippen LogP) is 1.69. The number of hydrogen-bond donors (Lipinski definition) is 2. The van der Waals surface area contributed by atoms with Crippen molar-refractivity contribution in [2.45, 2.75) is 58.7 Å². The van der Waals surface area contributed by atoms with Crippen LogP contribution in [0.25, 0.3) is 0 Å². The summed E-state index contributed by atoms with van der Waals surface area (Å²) >= 11 is 0. The maximum Gasteiger partial charge on any atom is 0.192 e. The molecule has 0 bridgehead atoms. The first kappa shape index (κ1) is 22.3. The molecular formula is C18H30IN9. The Labute approximate surface area is 183 Å². The number of hydrogen-bond acceptors (Lipinski definition) is 5. The van der Waals surface area contributed by atoms with Crippen molar-refractivity contribution < 1.29 is 0 Å². The molecule has 0 saturated carbocycles. The lowest BCUT2D eigenvalue weighted by Gasteiger charge is -2.25. The summed E-state index contributed by atoms with van der Waals surface area (Å²) in [5, 5.41) is 19.7. The molecule has 1 aliphatic rings. The van der Waals surface area contributed by atoms with Crippen molar-refractivity contribution in [2.75, 3.05) is 6.54 Å². The maximum absolute atomic E-state index is 4.67. The van der Waals surface area contributed by atoms with Gasteiger partial charge in [-0.3, -0.25) is 0 Å². The average Bonchev–Trinajstić information content (AvgIpc) is 3.21. The monoisotopic (exact) mass is 499 g/mol. The minimum Gasteiger partial charge on any atom is -0.353 e. The molecule has 2 N–H and O–H groups in total. The van der Waals surface area contributed by atoms with E-state index in [1.54, 1.807) is 0 Å². The number of aliphatic imine (C=N–C) groups is 1. The summed E-state index contributed by atoms with van der Waals surface area (Å²) in [4.78, 5) is 9.32. The van der Waals surface area contributed by atoms with E-state index in [-0.39, 0.29) is 30.0 Å². The van der Waals surface area contributed by atoms with Crippen LogP contribution >= 0.6 is 24.0 Å². The van der Waals surface area contributed by atoms with Crippen molar-refractivity contribution in [1.29, 1.82) is 0 Å². The van der Waals surface area contributed by atoms with Crippen LogP contribution in [0.1, 0.15) is 49.5 Å². The minimum atomic E-state index is 0. The van der Waals surface area contributed by atoms with Gasteiger partial charge in [0.25, 0.3) is 0 Å². The Hall–Kier alpha value is -1.98. The van der Waals surface area contributed by atoms with Crippen LogP contribution in [0.2, 0.25) is 0 Å². The van der Waals surface area contributed by atoms with Gasteiger partial charge in [-0.05, 0) is 13.3 Å². The lowest BCUT2D eigenvalue weighted by molar-refractivity contribution is 0.391. The molecule has 0 radical (unpaired) electrons. The topological polar surface area (TPSA) is 97.8 Å². The number of aryl methyl sites for hydroxylation is 2. The van der Waals surface area contributed by atoms with Gasteiger partial charge in [0.05, 0.1) is 6.54 Å². The van der Waals surface area contributed by atoms with Crippen molar-refractivity contribution in [3.8, 4) is 0 Å². The smallest absolute Gasteiger partial charge is 0.192 e. The van der Waals surface area contributed by atoms with Crippen molar-refractivity contribution in [2.24, 2.45) is 12.0 Å². The molecule has 28 heavy (non-hydrogen) atoms. The highest BCUT2D eigenvalue weighted by atomic mass is 127. The van der Waals surface area contributed by atoms with Gasteiger partial charge >= 0.3 is 0 Å². The highest BCUT2D eigenvalue weighted by Gasteiger charge is 2.23. The van der Waals surface area contributed by atoms with Gasteiger partial charge in [0.1, 0.15) is 18.2 Å².